The van der Waals surface area contributed by atoms with Crippen LogP contribution < -0.4 is 5.73 Å². The van der Waals surface area contributed by atoms with E-state index >= 15 is 0 Å². The second kappa shape index (κ2) is 6.19. The van der Waals surface area contributed by atoms with E-state index in [0.29, 0.717) is 11.8 Å². The topological polar surface area (TPSA) is 35.2 Å². The van der Waals surface area contributed by atoms with Crippen molar-refractivity contribution in [1.29, 1.82) is 0 Å². The van der Waals surface area contributed by atoms with Gasteiger partial charge in [0.05, 0.1) is 17.7 Å². The molecule has 1 fully saturated rings. The summed E-state index contributed by atoms with van der Waals surface area (Å²) in [5.74, 6) is -0.737. The molecular formula is C12H20F3NOS. The summed E-state index contributed by atoms with van der Waals surface area (Å²) in [7, 11) is 0. The number of halogens is 3. The Balaban J connectivity index is 2.46. The molecule has 2 N–H and O–H groups in total. The first kappa shape index (κ1) is 15.7. The molecule has 106 valence electrons. The van der Waals surface area contributed by atoms with Crippen LogP contribution in [0.15, 0.2) is 0 Å². The van der Waals surface area contributed by atoms with Gasteiger partial charge in [-0.2, -0.15) is 13.2 Å². The van der Waals surface area contributed by atoms with Gasteiger partial charge < -0.3 is 10.5 Å². The Morgan fingerprint density at radius 3 is 2.39 bits per heavy atom. The number of ether oxygens (including phenoxy) is 1. The number of thiocarbonyl (C=S) groups is 1. The summed E-state index contributed by atoms with van der Waals surface area (Å²) in [5.41, 5.74) is 5.12. The fraction of sp³-hybridized carbons (Fsp3) is 0.917. The van der Waals surface area contributed by atoms with Crippen LogP contribution in [0.4, 0.5) is 13.2 Å². The molecule has 0 radical (unpaired) electrons. The predicted octanol–water partition coefficient (Wildman–Crippen LogP) is 3.29. The lowest BCUT2D eigenvalue weighted by Gasteiger charge is -2.33. The lowest BCUT2D eigenvalue weighted by atomic mass is 9.80. The van der Waals surface area contributed by atoms with Gasteiger partial charge >= 0.3 is 6.18 Å². The Hall–Kier alpha value is -0.360. The van der Waals surface area contributed by atoms with E-state index in [-0.39, 0.29) is 6.10 Å². The number of nitrogens with two attached hydrogens (primary N) is 1. The minimum atomic E-state index is -4.42. The molecule has 18 heavy (non-hydrogen) atoms. The highest BCUT2D eigenvalue weighted by atomic mass is 32.1. The molecule has 4 unspecified atom stereocenters. The van der Waals surface area contributed by atoms with E-state index in [2.05, 4.69) is 26.1 Å². The average Bonchev–Trinajstić information content (AvgIpc) is 2.21. The first-order valence-corrected chi connectivity index (χ1v) is 6.60. The SMILES string of the molecule is CC1CCC(OCC(C(N)=S)C(F)(F)F)CC1C. The summed E-state index contributed by atoms with van der Waals surface area (Å²) >= 11 is 4.45. The number of hydrogen-bond donors (Lipinski definition) is 1. The minimum absolute atomic E-state index is 0.101. The Labute approximate surface area is 111 Å². The van der Waals surface area contributed by atoms with Crippen LogP contribution in [0.3, 0.4) is 0 Å². The summed E-state index contributed by atoms with van der Waals surface area (Å²) in [6, 6.07) is 0. The number of alkyl halides is 3. The molecule has 1 aliphatic carbocycles. The molecule has 0 aromatic rings. The Bertz CT molecular complexity index is 296. The largest absolute Gasteiger partial charge is 0.400 e. The van der Waals surface area contributed by atoms with Crippen LogP contribution in [0.2, 0.25) is 0 Å². The van der Waals surface area contributed by atoms with Crippen molar-refractivity contribution in [2.24, 2.45) is 23.5 Å². The van der Waals surface area contributed by atoms with Crippen LogP contribution in [-0.2, 0) is 4.74 Å². The van der Waals surface area contributed by atoms with E-state index in [1.54, 1.807) is 0 Å². The lowest BCUT2D eigenvalue weighted by Crippen LogP contribution is -2.39. The van der Waals surface area contributed by atoms with Crippen molar-refractivity contribution in [2.45, 2.75) is 45.4 Å². The molecule has 0 spiro atoms. The zero-order valence-electron chi connectivity index (χ0n) is 10.7. The molecule has 6 heteroatoms. The Morgan fingerprint density at radius 2 is 1.94 bits per heavy atom. The van der Waals surface area contributed by atoms with E-state index in [0.717, 1.165) is 19.3 Å². The molecule has 0 saturated heterocycles. The average molecular weight is 283 g/mol. The zero-order valence-corrected chi connectivity index (χ0v) is 11.5. The maximum Gasteiger partial charge on any atom is 0.400 e. The lowest BCUT2D eigenvalue weighted by molar-refractivity contribution is -0.173. The maximum atomic E-state index is 12.6. The molecule has 2 nitrogen and oxygen atoms in total. The normalized spacial score (nSPS) is 31.1. The zero-order chi connectivity index (χ0) is 13.9. The van der Waals surface area contributed by atoms with Gasteiger partial charge in [0.2, 0.25) is 0 Å². The summed E-state index contributed by atoms with van der Waals surface area (Å²) in [6.07, 6.45) is -1.90. The Morgan fingerprint density at radius 1 is 1.33 bits per heavy atom. The van der Waals surface area contributed by atoms with Crippen LogP contribution in [0.25, 0.3) is 0 Å². The summed E-state index contributed by atoms with van der Waals surface area (Å²) < 4.78 is 43.2. The fourth-order valence-electron chi connectivity index (χ4n) is 2.22. The molecule has 4 atom stereocenters. The van der Waals surface area contributed by atoms with Crippen molar-refractivity contribution in [3.63, 3.8) is 0 Å². The number of rotatable bonds is 4. The third-order valence-corrected chi connectivity index (χ3v) is 4.07. The van der Waals surface area contributed by atoms with Crippen LogP contribution in [-0.4, -0.2) is 23.9 Å². The van der Waals surface area contributed by atoms with Gasteiger partial charge in [-0.1, -0.05) is 26.1 Å². The van der Waals surface area contributed by atoms with E-state index in [1.807, 2.05) is 0 Å². The van der Waals surface area contributed by atoms with Crippen LogP contribution in [0.5, 0.6) is 0 Å². The monoisotopic (exact) mass is 283 g/mol. The van der Waals surface area contributed by atoms with Gasteiger partial charge in [0.15, 0.2) is 0 Å². The summed E-state index contributed by atoms with van der Waals surface area (Å²) in [5, 5.41) is 0. The molecule has 0 bridgehead atoms. The first-order valence-electron chi connectivity index (χ1n) is 6.19. The molecule has 1 rings (SSSR count). The standard InChI is InChI=1S/C12H20F3NOS/c1-7-3-4-9(5-8(7)2)17-6-10(11(16)18)12(13,14)15/h7-10H,3-6H2,1-2H3,(H2,16,18). The fourth-order valence-corrected chi connectivity index (χ4v) is 2.42. The highest BCUT2D eigenvalue weighted by molar-refractivity contribution is 7.80. The van der Waals surface area contributed by atoms with E-state index in [9.17, 15) is 13.2 Å². The van der Waals surface area contributed by atoms with Crippen molar-refractivity contribution in [3.8, 4) is 0 Å². The van der Waals surface area contributed by atoms with Crippen LogP contribution >= 0.6 is 12.2 Å². The van der Waals surface area contributed by atoms with Crippen molar-refractivity contribution in [2.75, 3.05) is 6.61 Å². The highest BCUT2D eigenvalue weighted by Crippen LogP contribution is 2.32. The van der Waals surface area contributed by atoms with Gasteiger partial charge in [-0.05, 0) is 31.1 Å². The van der Waals surface area contributed by atoms with E-state index < -0.39 is 23.7 Å². The quantitative estimate of drug-likeness (QED) is 0.804. The van der Waals surface area contributed by atoms with Crippen molar-refractivity contribution < 1.29 is 17.9 Å². The van der Waals surface area contributed by atoms with Gasteiger partial charge in [0.25, 0.3) is 0 Å². The third kappa shape index (κ3) is 4.39. The summed E-state index contributed by atoms with van der Waals surface area (Å²) in [6.45, 7) is 3.81. The van der Waals surface area contributed by atoms with Crippen molar-refractivity contribution in [1.82, 2.24) is 0 Å². The second-order valence-electron chi connectivity index (χ2n) is 5.22. The molecule has 0 aromatic carbocycles. The van der Waals surface area contributed by atoms with Crippen LogP contribution in [0.1, 0.15) is 33.1 Å². The smallest absolute Gasteiger partial charge is 0.393 e. The molecule has 1 saturated carbocycles. The van der Waals surface area contributed by atoms with Gasteiger partial charge in [-0.15, -0.1) is 0 Å². The van der Waals surface area contributed by atoms with E-state index in [1.165, 1.54) is 0 Å². The highest BCUT2D eigenvalue weighted by Gasteiger charge is 2.42. The molecular weight excluding hydrogens is 263 g/mol. The van der Waals surface area contributed by atoms with Crippen molar-refractivity contribution in [3.05, 3.63) is 0 Å². The third-order valence-electron chi connectivity index (χ3n) is 3.79. The van der Waals surface area contributed by atoms with Gasteiger partial charge in [-0.25, -0.2) is 0 Å². The van der Waals surface area contributed by atoms with E-state index in [4.69, 9.17) is 10.5 Å². The van der Waals surface area contributed by atoms with Crippen LogP contribution in [0, 0.1) is 17.8 Å². The first-order chi connectivity index (χ1) is 8.21. The number of hydrogen-bond acceptors (Lipinski definition) is 2. The Kier molecular flexibility index (Phi) is 5.40. The molecule has 0 heterocycles. The van der Waals surface area contributed by atoms with Gasteiger partial charge in [0.1, 0.15) is 5.92 Å². The molecule has 1 aliphatic rings. The molecule has 0 amide bonds. The maximum absolute atomic E-state index is 12.6. The van der Waals surface area contributed by atoms with Gasteiger partial charge in [0, 0.05) is 0 Å². The van der Waals surface area contributed by atoms with Crippen molar-refractivity contribution >= 4 is 17.2 Å². The predicted molar refractivity (Wildman–Crippen MR) is 68.2 cm³/mol. The van der Waals surface area contributed by atoms with Gasteiger partial charge in [-0.3, -0.25) is 0 Å². The molecule has 0 aliphatic heterocycles. The molecule has 0 aromatic heterocycles. The summed E-state index contributed by atoms with van der Waals surface area (Å²) in [4.78, 5) is -0.542. The minimum Gasteiger partial charge on any atom is -0.393 e. The second-order valence-corrected chi connectivity index (χ2v) is 5.69.